The maximum atomic E-state index is 12.2. The molecule has 0 aliphatic carbocycles. The second-order valence-corrected chi connectivity index (χ2v) is 4.96. The molecule has 19 heavy (non-hydrogen) atoms. The minimum atomic E-state index is -0.674. The highest BCUT2D eigenvalue weighted by atomic mass is 16.6. The van der Waals surface area contributed by atoms with E-state index in [1.54, 1.807) is 4.90 Å². The molecule has 1 aromatic carbocycles. The van der Waals surface area contributed by atoms with Crippen LogP contribution in [0.3, 0.4) is 0 Å². The molecule has 1 saturated heterocycles. The van der Waals surface area contributed by atoms with Crippen LogP contribution < -0.4 is 0 Å². The van der Waals surface area contributed by atoms with E-state index in [-0.39, 0.29) is 17.2 Å². The highest BCUT2D eigenvalue weighted by molar-refractivity contribution is 5.95. The summed E-state index contributed by atoms with van der Waals surface area (Å²) >= 11 is 0. The van der Waals surface area contributed by atoms with Crippen molar-refractivity contribution in [2.75, 3.05) is 13.1 Å². The first-order valence-corrected chi connectivity index (χ1v) is 6.25. The second-order valence-electron chi connectivity index (χ2n) is 4.96. The van der Waals surface area contributed by atoms with Crippen molar-refractivity contribution in [2.45, 2.75) is 19.8 Å². The fourth-order valence-electron chi connectivity index (χ4n) is 2.37. The highest BCUT2D eigenvalue weighted by Crippen LogP contribution is 2.27. The van der Waals surface area contributed by atoms with Gasteiger partial charge in [0.1, 0.15) is 0 Å². The Morgan fingerprint density at radius 3 is 2.84 bits per heavy atom. The fraction of sp³-hybridized carbons (Fsp3) is 0.462. The van der Waals surface area contributed by atoms with Gasteiger partial charge in [-0.3, -0.25) is 14.9 Å². The maximum Gasteiger partial charge on any atom is 0.310 e. The largest absolute Gasteiger partial charge is 0.502 e. The number of rotatable bonds is 2. The van der Waals surface area contributed by atoms with Gasteiger partial charge >= 0.3 is 5.69 Å². The molecule has 1 aromatic rings. The molecule has 0 bridgehead atoms. The molecule has 1 aliphatic rings. The first-order valence-electron chi connectivity index (χ1n) is 6.25. The molecule has 0 saturated carbocycles. The zero-order valence-electron chi connectivity index (χ0n) is 10.7. The summed E-state index contributed by atoms with van der Waals surface area (Å²) in [6.45, 7) is 3.48. The van der Waals surface area contributed by atoms with E-state index in [4.69, 9.17) is 0 Å². The van der Waals surface area contributed by atoms with Crippen LogP contribution in [0.15, 0.2) is 18.2 Å². The Kier molecular flexibility index (Phi) is 3.69. The molecular weight excluding hydrogens is 248 g/mol. The Labute approximate surface area is 110 Å². The van der Waals surface area contributed by atoms with Crippen LogP contribution in [-0.2, 0) is 0 Å². The standard InChI is InChI=1S/C13H16N2O4/c1-9-3-2-6-14(8-9)13(17)10-4-5-11(15(18)19)12(16)7-10/h4-5,7,9,16H,2-3,6,8H2,1H3. The molecule has 1 fully saturated rings. The molecule has 0 aromatic heterocycles. The predicted octanol–water partition coefficient (Wildman–Crippen LogP) is 2.17. The normalized spacial score (nSPS) is 19.2. The lowest BCUT2D eigenvalue weighted by Gasteiger charge is -2.31. The van der Waals surface area contributed by atoms with Crippen molar-refractivity contribution in [1.29, 1.82) is 0 Å². The summed E-state index contributed by atoms with van der Waals surface area (Å²) in [6.07, 6.45) is 2.07. The number of phenols is 1. The quantitative estimate of drug-likeness (QED) is 0.655. The smallest absolute Gasteiger partial charge is 0.310 e. The third kappa shape index (κ3) is 2.83. The lowest BCUT2D eigenvalue weighted by atomic mass is 9.99. The molecule has 0 radical (unpaired) electrons. The number of nitro groups is 1. The Hall–Kier alpha value is -2.11. The molecule has 6 nitrogen and oxygen atoms in total. The molecule has 0 spiro atoms. The third-order valence-electron chi connectivity index (χ3n) is 3.36. The van der Waals surface area contributed by atoms with E-state index in [2.05, 4.69) is 6.92 Å². The van der Waals surface area contributed by atoms with Gasteiger partial charge in [0.25, 0.3) is 5.91 Å². The van der Waals surface area contributed by atoms with Gasteiger partial charge in [-0.1, -0.05) is 6.92 Å². The van der Waals surface area contributed by atoms with Crippen molar-refractivity contribution < 1.29 is 14.8 Å². The summed E-state index contributed by atoms with van der Waals surface area (Å²) in [6, 6.07) is 3.72. The molecule has 6 heteroatoms. The fourth-order valence-corrected chi connectivity index (χ4v) is 2.37. The number of piperidine rings is 1. The SMILES string of the molecule is CC1CCCN(C(=O)c2ccc([N+](=O)[O-])c(O)c2)C1. The van der Waals surface area contributed by atoms with E-state index in [1.807, 2.05) is 0 Å². The number of carbonyl (C=O) groups is 1. The number of nitrogens with zero attached hydrogens (tertiary/aromatic N) is 2. The Balaban J connectivity index is 2.19. The van der Waals surface area contributed by atoms with E-state index in [1.165, 1.54) is 12.1 Å². The van der Waals surface area contributed by atoms with Crippen LogP contribution in [0.2, 0.25) is 0 Å². The van der Waals surface area contributed by atoms with Crippen LogP contribution >= 0.6 is 0 Å². The number of hydrogen-bond donors (Lipinski definition) is 1. The topological polar surface area (TPSA) is 83.7 Å². The molecule has 1 heterocycles. The summed E-state index contributed by atoms with van der Waals surface area (Å²) in [4.78, 5) is 23.9. The van der Waals surface area contributed by atoms with Crippen LogP contribution in [0.1, 0.15) is 30.1 Å². The number of hydrogen-bond acceptors (Lipinski definition) is 4. The molecule has 2 rings (SSSR count). The summed E-state index contributed by atoms with van der Waals surface area (Å²) in [5, 5.41) is 20.1. The molecule has 1 atom stereocenters. The van der Waals surface area contributed by atoms with Gasteiger partial charge in [0.05, 0.1) is 4.92 Å². The summed E-state index contributed by atoms with van der Waals surface area (Å²) < 4.78 is 0. The van der Waals surface area contributed by atoms with Crippen LogP contribution in [0.4, 0.5) is 5.69 Å². The van der Waals surface area contributed by atoms with Crippen molar-refractivity contribution in [3.05, 3.63) is 33.9 Å². The number of amides is 1. The number of aromatic hydroxyl groups is 1. The highest BCUT2D eigenvalue weighted by Gasteiger charge is 2.23. The average molecular weight is 264 g/mol. The first-order chi connectivity index (χ1) is 8.99. The van der Waals surface area contributed by atoms with Crippen LogP contribution in [0.5, 0.6) is 5.75 Å². The molecule has 102 valence electrons. The van der Waals surface area contributed by atoms with E-state index in [0.29, 0.717) is 19.0 Å². The molecule has 1 unspecified atom stereocenters. The van der Waals surface area contributed by atoms with Gasteiger partial charge in [0, 0.05) is 24.7 Å². The second kappa shape index (κ2) is 5.26. The number of phenolic OH excluding ortho intramolecular Hbond substituents is 1. The molecule has 1 N–H and O–H groups in total. The van der Waals surface area contributed by atoms with E-state index in [0.717, 1.165) is 18.9 Å². The van der Waals surface area contributed by atoms with Crippen molar-refractivity contribution in [2.24, 2.45) is 5.92 Å². The Morgan fingerprint density at radius 2 is 2.26 bits per heavy atom. The van der Waals surface area contributed by atoms with Crippen molar-refractivity contribution in [3.63, 3.8) is 0 Å². The van der Waals surface area contributed by atoms with E-state index < -0.39 is 10.7 Å². The number of benzene rings is 1. The summed E-state index contributed by atoms with van der Waals surface area (Å²) in [5.41, 5.74) is -0.0965. The maximum absolute atomic E-state index is 12.2. The van der Waals surface area contributed by atoms with Gasteiger partial charge < -0.3 is 10.0 Å². The van der Waals surface area contributed by atoms with Crippen LogP contribution in [0.25, 0.3) is 0 Å². The van der Waals surface area contributed by atoms with Gasteiger partial charge in [-0.2, -0.15) is 0 Å². The van der Waals surface area contributed by atoms with Gasteiger partial charge in [-0.25, -0.2) is 0 Å². The number of carbonyl (C=O) groups excluding carboxylic acids is 1. The van der Waals surface area contributed by atoms with Gasteiger partial charge in [0.2, 0.25) is 0 Å². The lowest BCUT2D eigenvalue weighted by Crippen LogP contribution is -2.39. The van der Waals surface area contributed by atoms with Gasteiger partial charge in [-0.15, -0.1) is 0 Å². The zero-order chi connectivity index (χ0) is 14.0. The van der Waals surface area contributed by atoms with Crippen molar-refractivity contribution in [3.8, 4) is 5.75 Å². The zero-order valence-corrected chi connectivity index (χ0v) is 10.7. The Bertz CT molecular complexity index is 515. The average Bonchev–Trinajstić information content (AvgIpc) is 2.37. The molecule has 1 aliphatic heterocycles. The predicted molar refractivity (Wildman–Crippen MR) is 69.1 cm³/mol. The molecule has 1 amide bonds. The monoisotopic (exact) mass is 264 g/mol. The van der Waals surface area contributed by atoms with Crippen molar-refractivity contribution in [1.82, 2.24) is 4.90 Å². The minimum absolute atomic E-state index is 0.184. The van der Waals surface area contributed by atoms with Gasteiger partial charge in [-0.05, 0) is 30.9 Å². The Morgan fingerprint density at radius 1 is 1.53 bits per heavy atom. The summed E-state index contributed by atoms with van der Waals surface area (Å²) in [5.74, 6) is -0.193. The van der Waals surface area contributed by atoms with E-state index >= 15 is 0 Å². The van der Waals surface area contributed by atoms with Crippen LogP contribution in [0, 0.1) is 16.0 Å². The van der Waals surface area contributed by atoms with Crippen molar-refractivity contribution >= 4 is 11.6 Å². The van der Waals surface area contributed by atoms with Gasteiger partial charge in [0.15, 0.2) is 5.75 Å². The first kappa shape index (κ1) is 13.3. The number of likely N-dealkylation sites (tertiary alicyclic amines) is 1. The third-order valence-corrected chi connectivity index (χ3v) is 3.36. The van der Waals surface area contributed by atoms with Crippen LogP contribution in [-0.4, -0.2) is 33.9 Å². The molecular formula is C13H16N2O4. The van der Waals surface area contributed by atoms with E-state index in [9.17, 15) is 20.0 Å². The lowest BCUT2D eigenvalue weighted by molar-refractivity contribution is -0.385. The summed E-state index contributed by atoms with van der Waals surface area (Å²) in [7, 11) is 0. The minimum Gasteiger partial charge on any atom is -0.502 e. The number of nitro benzene ring substituents is 1.